The maximum absolute atomic E-state index is 12.2. The lowest BCUT2D eigenvalue weighted by Crippen LogP contribution is -2.54. The second-order valence-corrected chi connectivity index (χ2v) is 4.82. The molecular weight excluding hydrogens is 272 g/mol. The summed E-state index contributed by atoms with van der Waals surface area (Å²) in [4.78, 5) is 25.6. The number of nitrogens with two attached hydrogens (primary N) is 2. The van der Waals surface area contributed by atoms with Crippen LogP contribution in [0.2, 0.25) is 0 Å². The highest BCUT2D eigenvalue weighted by Crippen LogP contribution is 2.26. The molecule has 7 heteroatoms. The molecule has 0 aliphatic carbocycles. The summed E-state index contributed by atoms with van der Waals surface area (Å²) in [6.07, 6.45) is 0. The smallest absolute Gasteiger partial charge is 0.250 e. The lowest BCUT2D eigenvalue weighted by molar-refractivity contribution is -0.124. The van der Waals surface area contributed by atoms with Gasteiger partial charge in [-0.2, -0.15) is 0 Å². The molecule has 2 amide bonds. The van der Waals surface area contributed by atoms with E-state index in [2.05, 4.69) is 5.32 Å². The first-order chi connectivity index (χ1) is 10.0. The fraction of sp³-hybridized carbons (Fsp3) is 0.429. The van der Waals surface area contributed by atoms with Crippen LogP contribution in [0.25, 0.3) is 0 Å². The number of benzene rings is 1. The first kappa shape index (κ1) is 15.1. The van der Waals surface area contributed by atoms with Crippen molar-refractivity contribution in [1.29, 1.82) is 0 Å². The third kappa shape index (κ3) is 3.25. The predicted octanol–water partition coefficient (Wildman–Crippen LogP) is -0.291. The van der Waals surface area contributed by atoms with Crippen LogP contribution in [-0.4, -0.2) is 44.2 Å². The van der Waals surface area contributed by atoms with Crippen molar-refractivity contribution in [1.82, 2.24) is 5.32 Å². The van der Waals surface area contributed by atoms with Crippen LogP contribution in [0.3, 0.4) is 0 Å². The Balaban J connectivity index is 2.39. The highest BCUT2D eigenvalue weighted by molar-refractivity contribution is 6.00. The summed E-state index contributed by atoms with van der Waals surface area (Å²) in [7, 11) is 0. The number of primary amides is 1. The molecule has 7 nitrogen and oxygen atoms in total. The van der Waals surface area contributed by atoms with Crippen molar-refractivity contribution in [3.05, 3.63) is 23.8 Å². The number of hydrogen-bond acceptors (Lipinski definition) is 5. The molecule has 5 N–H and O–H groups in total. The van der Waals surface area contributed by atoms with Gasteiger partial charge in [0, 0.05) is 18.8 Å². The highest BCUT2D eigenvalue weighted by Gasteiger charge is 2.31. The van der Waals surface area contributed by atoms with Gasteiger partial charge >= 0.3 is 0 Å². The zero-order valence-electron chi connectivity index (χ0n) is 12.0. The fourth-order valence-electron chi connectivity index (χ4n) is 2.40. The van der Waals surface area contributed by atoms with Crippen LogP contribution in [0.15, 0.2) is 18.2 Å². The van der Waals surface area contributed by atoms with Crippen LogP contribution in [0.5, 0.6) is 0 Å². The van der Waals surface area contributed by atoms with Crippen molar-refractivity contribution < 1.29 is 14.3 Å². The number of ether oxygens (including phenoxy) is 1. The first-order valence-corrected chi connectivity index (χ1v) is 6.86. The number of anilines is 2. The minimum atomic E-state index is -0.550. The molecule has 1 aliphatic rings. The summed E-state index contributed by atoms with van der Waals surface area (Å²) in [6.45, 7) is 3.61. The van der Waals surface area contributed by atoms with Crippen LogP contribution in [0, 0.1) is 0 Å². The minimum Gasteiger partial charge on any atom is -0.399 e. The van der Waals surface area contributed by atoms with E-state index in [1.165, 1.54) is 0 Å². The molecule has 1 aliphatic heterocycles. The third-order valence-electron chi connectivity index (χ3n) is 3.38. The van der Waals surface area contributed by atoms with Gasteiger partial charge in [-0.1, -0.05) is 0 Å². The second-order valence-electron chi connectivity index (χ2n) is 4.82. The Kier molecular flexibility index (Phi) is 4.64. The van der Waals surface area contributed by atoms with Gasteiger partial charge in [0.05, 0.1) is 24.5 Å². The molecule has 1 atom stereocenters. The van der Waals surface area contributed by atoms with Gasteiger partial charge in [0.2, 0.25) is 5.91 Å². The van der Waals surface area contributed by atoms with Crippen molar-refractivity contribution in [2.75, 3.05) is 36.9 Å². The molecule has 0 radical (unpaired) electrons. The maximum Gasteiger partial charge on any atom is 0.250 e. The Morgan fingerprint density at radius 1 is 1.48 bits per heavy atom. The van der Waals surface area contributed by atoms with E-state index in [-0.39, 0.29) is 12.5 Å². The zero-order chi connectivity index (χ0) is 15.4. The summed E-state index contributed by atoms with van der Waals surface area (Å²) in [5.41, 5.74) is 12.6. The highest BCUT2D eigenvalue weighted by atomic mass is 16.5. The first-order valence-electron chi connectivity index (χ1n) is 6.86. The second kappa shape index (κ2) is 6.45. The SMILES string of the molecule is CCNC(=O)C1COCCN1c1cc(N)ccc1C(N)=O. The molecular formula is C14H20N4O3. The summed E-state index contributed by atoms with van der Waals surface area (Å²) >= 11 is 0. The maximum atomic E-state index is 12.2. The molecule has 2 rings (SSSR count). The Morgan fingerprint density at radius 2 is 2.24 bits per heavy atom. The number of nitrogens with one attached hydrogen (secondary N) is 1. The van der Waals surface area contributed by atoms with Gasteiger partial charge in [-0.15, -0.1) is 0 Å². The molecule has 0 spiro atoms. The van der Waals surface area contributed by atoms with Gasteiger partial charge in [0.15, 0.2) is 0 Å². The summed E-state index contributed by atoms with van der Waals surface area (Å²) in [5.74, 6) is -0.693. The van der Waals surface area contributed by atoms with Crippen molar-refractivity contribution >= 4 is 23.2 Å². The van der Waals surface area contributed by atoms with Crippen molar-refractivity contribution in [3.8, 4) is 0 Å². The van der Waals surface area contributed by atoms with Crippen molar-refractivity contribution in [3.63, 3.8) is 0 Å². The summed E-state index contributed by atoms with van der Waals surface area (Å²) in [6, 6.07) is 4.36. The van der Waals surface area contributed by atoms with Crippen molar-refractivity contribution in [2.24, 2.45) is 5.73 Å². The molecule has 0 aromatic heterocycles. The van der Waals surface area contributed by atoms with Crippen molar-refractivity contribution in [2.45, 2.75) is 13.0 Å². The van der Waals surface area contributed by atoms with Gasteiger partial charge in [-0.05, 0) is 25.1 Å². The number of hydrogen-bond donors (Lipinski definition) is 3. The van der Waals surface area contributed by atoms with Crippen LogP contribution in [0.4, 0.5) is 11.4 Å². The normalized spacial score (nSPS) is 18.3. The molecule has 21 heavy (non-hydrogen) atoms. The number of nitrogen functional groups attached to an aromatic ring is 1. The minimum absolute atomic E-state index is 0.143. The quantitative estimate of drug-likeness (QED) is 0.660. The summed E-state index contributed by atoms with van der Waals surface area (Å²) in [5, 5.41) is 2.77. The number of rotatable bonds is 4. The van der Waals surface area contributed by atoms with E-state index in [0.717, 1.165) is 0 Å². The number of likely N-dealkylation sites (N-methyl/N-ethyl adjacent to an activating group) is 1. The lowest BCUT2D eigenvalue weighted by Gasteiger charge is -2.37. The Bertz CT molecular complexity index is 547. The Morgan fingerprint density at radius 3 is 2.90 bits per heavy atom. The topological polar surface area (TPSA) is 111 Å². The van der Waals surface area contributed by atoms with Crippen LogP contribution < -0.4 is 21.7 Å². The van der Waals surface area contributed by atoms with E-state index in [1.807, 2.05) is 11.8 Å². The number of carbonyl (C=O) groups is 2. The van der Waals surface area contributed by atoms with Gasteiger partial charge in [-0.25, -0.2) is 0 Å². The summed E-state index contributed by atoms with van der Waals surface area (Å²) < 4.78 is 5.38. The van der Waals surface area contributed by atoms with Gasteiger partial charge in [0.1, 0.15) is 6.04 Å². The van der Waals surface area contributed by atoms with E-state index in [1.54, 1.807) is 18.2 Å². The van der Waals surface area contributed by atoms with E-state index in [4.69, 9.17) is 16.2 Å². The average Bonchev–Trinajstić information content (AvgIpc) is 2.47. The van der Waals surface area contributed by atoms with E-state index in [0.29, 0.717) is 36.6 Å². The Hall–Kier alpha value is -2.28. The molecule has 0 bridgehead atoms. The number of carbonyl (C=O) groups excluding carboxylic acids is 2. The van der Waals surface area contributed by atoms with Gasteiger partial charge in [-0.3, -0.25) is 9.59 Å². The molecule has 1 aromatic rings. The molecule has 0 saturated carbocycles. The van der Waals surface area contributed by atoms with Gasteiger partial charge < -0.3 is 26.4 Å². The number of morpholine rings is 1. The molecule has 1 heterocycles. The number of nitrogens with zero attached hydrogens (tertiary/aromatic N) is 1. The third-order valence-corrected chi connectivity index (χ3v) is 3.38. The predicted molar refractivity (Wildman–Crippen MR) is 80.0 cm³/mol. The zero-order valence-corrected chi connectivity index (χ0v) is 12.0. The standard InChI is InChI=1S/C14H20N4O3/c1-2-17-14(20)12-8-21-6-5-18(12)11-7-9(15)3-4-10(11)13(16)19/h3-4,7,12H,2,5-6,8,15H2,1H3,(H2,16,19)(H,17,20). The molecule has 1 aromatic carbocycles. The van der Waals surface area contributed by atoms with E-state index >= 15 is 0 Å². The molecule has 1 saturated heterocycles. The number of amides is 2. The van der Waals surface area contributed by atoms with Gasteiger partial charge in [0.25, 0.3) is 5.91 Å². The average molecular weight is 292 g/mol. The molecule has 114 valence electrons. The fourth-order valence-corrected chi connectivity index (χ4v) is 2.40. The van der Waals surface area contributed by atoms with Crippen LogP contribution in [-0.2, 0) is 9.53 Å². The monoisotopic (exact) mass is 292 g/mol. The van der Waals surface area contributed by atoms with Crippen LogP contribution >= 0.6 is 0 Å². The Labute approximate surface area is 123 Å². The lowest BCUT2D eigenvalue weighted by atomic mass is 10.1. The van der Waals surface area contributed by atoms with E-state index in [9.17, 15) is 9.59 Å². The molecule has 1 unspecified atom stereocenters. The van der Waals surface area contributed by atoms with E-state index < -0.39 is 11.9 Å². The molecule has 1 fully saturated rings. The largest absolute Gasteiger partial charge is 0.399 e. The van der Waals surface area contributed by atoms with Crippen LogP contribution in [0.1, 0.15) is 17.3 Å².